The van der Waals surface area contributed by atoms with Crippen LogP contribution in [-0.2, 0) is 29.3 Å². The fraction of sp³-hybridized carbons (Fsp3) is 0.795. The maximum Gasteiger partial charge on any atom is 0.432 e. The highest BCUT2D eigenvalue weighted by molar-refractivity contribution is 5.82. The first kappa shape index (κ1) is 43.5. The Hall–Kier alpha value is -2.06. The van der Waals surface area contributed by atoms with Crippen LogP contribution in [0.3, 0.4) is 0 Å². The molecule has 0 radical (unpaired) electrons. The fourth-order valence-corrected chi connectivity index (χ4v) is 12.0. The van der Waals surface area contributed by atoms with Gasteiger partial charge in [-0.15, -0.1) is 0 Å². The van der Waals surface area contributed by atoms with Gasteiger partial charge in [0.15, 0.2) is 6.29 Å². The van der Waals surface area contributed by atoms with Crippen molar-refractivity contribution in [3.8, 4) is 0 Å². The first-order chi connectivity index (χ1) is 26.4. The van der Waals surface area contributed by atoms with E-state index in [9.17, 15) is 38.4 Å². The molecule has 1 saturated heterocycles. The van der Waals surface area contributed by atoms with Crippen molar-refractivity contribution in [1.82, 2.24) is 0 Å². The average Bonchev–Trinajstić information content (AvgIpc) is 3.53. The molecule has 1 heterocycles. The number of carbonyl (C=O) groups is 1. The van der Waals surface area contributed by atoms with Crippen molar-refractivity contribution in [2.24, 2.45) is 52.3 Å². The van der Waals surface area contributed by atoms with Crippen LogP contribution in [-0.4, -0.2) is 89.7 Å². The van der Waals surface area contributed by atoms with E-state index in [2.05, 4.69) is 33.8 Å². The molecular weight excluding hydrogens is 729 g/mol. The predicted octanol–water partition coefficient (Wildman–Crippen LogP) is 7.09. The van der Waals surface area contributed by atoms with Gasteiger partial charge >= 0.3 is 12.1 Å². The van der Waals surface area contributed by atoms with E-state index in [1.807, 2.05) is 6.92 Å². The highest BCUT2D eigenvalue weighted by Crippen LogP contribution is 2.67. The molecule has 16 atom stereocenters. The molecule has 0 amide bonds. The van der Waals surface area contributed by atoms with E-state index < -0.39 is 55.1 Å². The Kier molecular flexibility index (Phi) is 13.1. The number of esters is 1. The Morgan fingerprint density at radius 3 is 2.30 bits per heavy atom. The first-order valence-corrected chi connectivity index (χ1v) is 20.9. The average molecular weight is 795 g/mol. The topological polar surface area (TPSA) is 135 Å². The summed E-state index contributed by atoms with van der Waals surface area (Å²) in [6.45, 7) is 10.7. The third-order valence-corrected chi connectivity index (χ3v) is 15.7. The number of ether oxygens (including phenoxy) is 4. The lowest BCUT2D eigenvalue weighted by Crippen LogP contribution is -2.60. The molecule has 3 saturated carbocycles. The molecule has 0 bridgehead atoms. The maximum atomic E-state index is 14.4. The van der Waals surface area contributed by atoms with Crippen LogP contribution < -0.4 is 0 Å². The summed E-state index contributed by atoms with van der Waals surface area (Å²) in [6, 6.07) is 6.93. The minimum Gasteiger partial charge on any atom is -0.463 e. The fourth-order valence-electron chi connectivity index (χ4n) is 12.0. The molecular formula is C44H65F3O9. The Bertz CT molecular complexity index is 1520. The molecule has 0 aromatic heterocycles. The second kappa shape index (κ2) is 16.9. The predicted molar refractivity (Wildman–Crippen MR) is 203 cm³/mol. The molecule has 9 nitrogen and oxygen atoms in total. The van der Waals surface area contributed by atoms with Gasteiger partial charge in [-0.1, -0.05) is 89.4 Å². The van der Waals surface area contributed by atoms with Crippen LogP contribution in [0.15, 0.2) is 42.0 Å². The zero-order valence-corrected chi connectivity index (χ0v) is 33.9. The molecule has 4 N–H and O–H groups in total. The van der Waals surface area contributed by atoms with Crippen molar-refractivity contribution in [1.29, 1.82) is 0 Å². The number of carbonyl (C=O) groups excluding carboxylic acids is 1. The molecule has 1 aromatic rings. The van der Waals surface area contributed by atoms with Gasteiger partial charge in [0.05, 0.1) is 19.3 Å². The normalized spacial score (nSPS) is 39.9. The van der Waals surface area contributed by atoms with Gasteiger partial charge in [0.2, 0.25) is 0 Å². The van der Waals surface area contributed by atoms with Gasteiger partial charge in [0.25, 0.3) is 5.60 Å². The van der Waals surface area contributed by atoms with Crippen molar-refractivity contribution >= 4 is 5.97 Å². The SMILES string of the molecule is CO[C@](C(=O)OC[C@@H](C)[C@H](C)CC[C@@H](C)[C@H]1CC[C@H]2[C@@H]3CC=C4C[C@@H](O[C@@H]5O[C@H](CO)[C@@H](O)[C@H](O)[C@H]5O)CC[C@]4(C)[C@H]3CC[C@]12C)(c1ccccc1)C(F)(F)F. The molecule has 56 heavy (non-hydrogen) atoms. The van der Waals surface area contributed by atoms with Crippen LogP contribution in [0.5, 0.6) is 0 Å². The number of rotatable bonds is 13. The van der Waals surface area contributed by atoms with Gasteiger partial charge in [-0.05, 0) is 104 Å². The van der Waals surface area contributed by atoms with Crippen LogP contribution in [0.1, 0.15) is 104 Å². The number of hydrogen-bond donors (Lipinski definition) is 4. The Morgan fingerprint density at radius 1 is 0.929 bits per heavy atom. The van der Waals surface area contributed by atoms with Crippen molar-refractivity contribution in [3.63, 3.8) is 0 Å². The van der Waals surface area contributed by atoms with Gasteiger partial charge < -0.3 is 39.4 Å². The lowest BCUT2D eigenvalue weighted by Gasteiger charge is -2.58. The summed E-state index contributed by atoms with van der Waals surface area (Å²) in [4.78, 5) is 13.1. The molecule has 316 valence electrons. The molecule has 6 rings (SSSR count). The number of benzene rings is 1. The molecule has 12 heteroatoms. The molecule has 4 fully saturated rings. The van der Waals surface area contributed by atoms with Gasteiger partial charge in [-0.25, -0.2) is 4.79 Å². The van der Waals surface area contributed by atoms with E-state index in [0.717, 1.165) is 45.6 Å². The van der Waals surface area contributed by atoms with Gasteiger partial charge in [-0.3, -0.25) is 0 Å². The number of aliphatic hydroxyl groups excluding tert-OH is 4. The van der Waals surface area contributed by atoms with Crippen molar-refractivity contribution in [2.45, 2.75) is 147 Å². The molecule has 4 aliphatic carbocycles. The van der Waals surface area contributed by atoms with E-state index in [-0.39, 0.29) is 40.9 Å². The number of aliphatic hydroxyl groups is 4. The Balaban J connectivity index is 1.03. The van der Waals surface area contributed by atoms with Crippen LogP contribution in [0.25, 0.3) is 0 Å². The number of hydrogen-bond acceptors (Lipinski definition) is 9. The largest absolute Gasteiger partial charge is 0.463 e. The first-order valence-electron chi connectivity index (χ1n) is 20.9. The summed E-state index contributed by atoms with van der Waals surface area (Å²) in [5, 5.41) is 40.6. The summed E-state index contributed by atoms with van der Waals surface area (Å²) in [6.07, 6.45) is 1.10. The van der Waals surface area contributed by atoms with Crippen molar-refractivity contribution < 1.29 is 57.3 Å². The highest BCUT2D eigenvalue weighted by Gasteiger charge is 2.64. The Morgan fingerprint density at radius 2 is 1.64 bits per heavy atom. The molecule has 1 aromatic carbocycles. The number of halogens is 3. The van der Waals surface area contributed by atoms with E-state index in [0.29, 0.717) is 29.6 Å². The number of allylic oxidation sites excluding steroid dienone is 1. The lowest BCUT2D eigenvalue weighted by molar-refractivity contribution is -0.313. The number of fused-ring (bicyclic) bond motifs is 5. The summed E-state index contributed by atoms with van der Waals surface area (Å²) in [5.74, 6) is 1.49. The third kappa shape index (κ3) is 7.74. The molecule has 1 aliphatic heterocycles. The Labute approximate surface area is 330 Å². The highest BCUT2D eigenvalue weighted by atomic mass is 19.4. The van der Waals surface area contributed by atoms with Crippen LogP contribution in [0.4, 0.5) is 13.2 Å². The summed E-state index contributed by atoms with van der Waals surface area (Å²) < 4.78 is 65.2. The third-order valence-electron chi connectivity index (χ3n) is 15.7. The number of methoxy groups -OCH3 is 1. The van der Waals surface area contributed by atoms with Crippen molar-refractivity contribution in [2.75, 3.05) is 20.3 Å². The van der Waals surface area contributed by atoms with E-state index in [1.165, 1.54) is 55.5 Å². The minimum atomic E-state index is -5.00. The van der Waals surface area contributed by atoms with Crippen LogP contribution in [0, 0.1) is 52.3 Å². The maximum absolute atomic E-state index is 14.4. The van der Waals surface area contributed by atoms with Crippen LogP contribution in [0.2, 0.25) is 0 Å². The van der Waals surface area contributed by atoms with Gasteiger partial charge in [-0.2, -0.15) is 13.2 Å². The number of alkyl halides is 3. The standard InChI is InChI=1S/C44H65F3O9/c1-25(27(3)24-54-40(52)43(53-6,44(45,46)47)28-10-8-7-9-11-28)12-13-26(2)32-16-17-33-31-15-14-29-22-30(18-20-41(29,4)34(31)19-21-42(32,33)5)55-39-38(51)37(50)36(49)35(23-48)56-39/h7-11,14,25-27,30-39,48-51H,12-13,15-24H2,1-6H3/t25-,26-,27-,30+,31+,32-,33+,34+,35-,36-,37+,38-,39-,41+,42-,43+/m1/s1. The summed E-state index contributed by atoms with van der Waals surface area (Å²) in [5.41, 5.74) is -1.77. The quantitative estimate of drug-likeness (QED) is 0.122. The van der Waals surface area contributed by atoms with Gasteiger partial charge in [0, 0.05) is 12.7 Å². The zero-order chi connectivity index (χ0) is 40.8. The summed E-state index contributed by atoms with van der Waals surface area (Å²) in [7, 11) is 0.887. The molecule has 0 spiro atoms. The van der Waals surface area contributed by atoms with Gasteiger partial charge in [0.1, 0.15) is 24.4 Å². The second-order valence-electron chi connectivity index (χ2n) is 18.5. The van der Waals surface area contributed by atoms with Crippen LogP contribution >= 0.6 is 0 Å². The lowest BCUT2D eigenvalue weighted by atomic mass is 9.47. The molecule has 0 unspecified atom stereocenters. The molecule has 5 aliphatic rings. The summed E-state index contributed by atoms with van der Waals surface area (Å²) >= 11 is 0. The van der Waals surface area contributed by atoms with Crippen molar-refractivity contribution in [3.05, 3.63) is 47.5 Å². The second-order valence-corrected chi connectivity index (χ2v) is 18.5. The van der Waals surface area contributed by atoms with E-state index >= 15 is 0 Å². The minimum absolute atomic E-state index is 0.0718. The smallest absolute Gasteiger partial charge is 0.432 e. The zero-order valence-electron chi connectivity index (χ0n) is 33.9. The monoisotopic (exact) mass is 794 g/mol. The van der Waals surface area contributed by atoms with E-state index in [1.54, 1.807) is 6.07 Å². The van der Waals surface area contributed by atoms with E-state index in [4.69, 9.17) is 18.9 Å².